The molecule has 4 aliphatic rings. The minimum absolute atomic E-state index is 0.254. The second-order valence-electron chi connectivity index (χ2n) is 15.5. The van der Waals surface area contributed by atoms with Gasteiger partial charge in [-0.15, -0.1) is 11.3 Å². The van der Waals surface area contributed by atoms with E-state index in [1.54, 1.807) is 16.2 Å². The second kappa shape index (κ2) is 11.0. The molecular formula is C37H48N4O3S. The average Bonchev–Trinajstić information content (AvgIpc) is 3.78. The molecule has 6 heterocycles. The quantitative estimate of drug-likeness (QED) is 0.306. The summed E-state index contributed by atoms with van der Waals surface area (Å²) in [7, 11) is 0. The maximum Gasteiger partial charge on any atom is 0.414 e. The van der Waals surface area contributed by atoms with Gasteiger partial charge in [0.2, 0.25) is 5.91 Å². The van der Waals surface area contributed by atoms with Crippen LogP contribution in [0, 0.1) is 19.8 Å². The van der Waals surface area contributed by atoms with Crippen molar-refractivity contribution >= 4 is 33.6 Å². The van der Waals surface area contributed by atoms with Crippen molar-refractivity contribution in [2.24, 2.45) is 5.92 Å². The summed E-state index contributed by atoms with van der Waals surface area (Å²) < 4.78 is 5.61. The first-order valence-corrected chi connectivity index (χ1v) is 17.6. The predicted octanol–water partition coefficient (Wildman–Crippen LogP) is 7.55. The Bertz CT molecular complexity index is 1650. The number of nitrogens with zero attached hydrogens (tertiary/aromatic N) is 3. The van der Waals surface area contributed by atoms with Crippen LogP contribution in [0.2, 0.25) is 0 Å². The molecule has 8 heteroatoms. The van der Waals surface area contributed by atoms with Gasteiger partial charge in [0.15, 0.2) is 0 Å². The molecule has 3 saturated heterocycles. The van der Waals surface area contributed by atoms with E-state index < -0.39 is 11.0 Å². The fourth-order valence-electron chi connectivity index (χ4n) is 8.22. The summed E-state index contributed by atoms with van der Waals surface area (Å²) in [5, 5.41) is 1.25. The van der Waals surface area contributed by atoms with Crippen molar-refractivity contribution in [1.29, 1.82) is 0 Å². The van der Waals surface area contributed by atoms with Gasteiger partial charge in [-0.1, -0.05) is 17.2 Å². The highest BCUT2D eigenvalue weighted by Gasteiger charge is 2.47. The summed E-state index contributed by atoms with van der Waals surface area (Å²) >= 11 is 1.76. The molecule has 0 aliphatic carbocycles. The number of H-pyrrole nitrogens is 1. The first-order chi connectivity index (χ1) is 21.3. The van der Waals surface area contributed by atoms with Gasteiger partial charge in [0.05, 0.1) is 11.1 Å². The lowest BCUT2D eigenvalue weighted by Gasteiger charge is -2.31. The number of aromatic amines is 1. The van der Waals surface area contributed by atoms with E-state index in [1.165, 1.54) is 38.9 Å². The van der Waals surface area contributed by atoms with Crippen molar-refractivity contribution in [1.82, 2.24) is 19.7 Å². The molecule has 4 aliphatic heterocycles. The molecule has 1 atom stereocenters. The van der Waals surface area contributed by atoms with E-state index in [0.29, 0.717) is 30.5 Å². The maximum atomic E-state index is 14.0. The Balaban J connectivity index is 1.14. The number of benzene rings is 1. The summed E-state index contributed by atoms with van der Waals surface area (Å²) in [5.74, 6) is 0.660. The fraction of sp³-hybridized carbons (Fsp3) is 0.568. The molecule has 0 radical (unpaired) electrons. The maximum absolute atomic E-state index is 14.0. The standard InChI is InChI=1S/C37H48N4O3S/c1-22-14-23(2)16-24(15-22)32-29(12-13-39-18-25-20-40(21-26(25)19-39)35(43)44-36(3,4)5)30-17-31(45-33(30)38-32)37(6,7)34(42)41-27-8-9-28(41)11-10-27/h14-17,20,26-28,38H,8-13,18-19,21H2,1-7H3. The highest BCUT2D eigenvalue weighted by atomic mass is 32.1. The van der Waals surface area contributed by atoms with E-state index in [1.807, 2.05) is 27.0 Å². The van der Waals surface area contributed by atoms with E-state index in [9.17, 15) is 9.59 Å². The van der Waals surface area contributed by atoms with Crippen molar-refractivity contribution < 1.29 is 14.3 Å². The Hall–Kier alpha value is -3.10. The number of hydrogen-bond acceptors (Lipinski definition) is 5. The number of amides is 2. The highest BCUT2D eigenvalue weighted by Crippen LogP contribution is 2.45. The fourth-order valence-corrected chi connectivity index (χ4v) is 9.40. The van der Waals surface area contributed by atoms with Crippen LogP contribution < -0.4 is 0 Å². The Morgan fingerprint density at radius 1 is 0.956 bits per heavy atom. The number of aromatic nitrogens is 1. The van der Waals surface area contributed by atoms with Gasteiger partial charge in [0.1, 0.15) is 10.4 Å². The number of rotatable bonds is 6. The third-order valence-electron chi connectivity index (χ3n) is 10.4. The average molecular weight is 629 g/mol. The first-order valence-electron chi connectivity index (χ1n) is 16.8. The molecule has 2 aromatic heterocycles. The van der Waals surface area contributed by atoms with Gasteiger partial charge in [0, 0.05) is 60.6 Å². The lowest BCUT2D eigenvalue weighted by atomic mass is 9.88. The minimum Gasteiger partial charge on any atom is -0.443 e. The summed E-state index contributed by atoms with van der Waals surface area (Å²) in [6, 6.07) is 9.96. The lowest BCUT2D eigenvalue weighted by molar-refractivity contribution is -0.137. The molecule has 0 spiro atoms. The molecule has 1 N–H and O–H groups in total. The number of likely N-dealkylation sites (tertiary alicyclic amines) is 1. The molecule has 7 rings (SSSR count). The van der Waals surface area contributed by atoms with Crippen LogP contribution in [0.1, 0.15) is 81.9 Å². The smallest absolute Gasteiger partial charge is 0.414 e. The molecule has 0 saturated carbocycles. The van der Waals surface area contributed by atoms with E-state index in [4.69, 9.17) is 4.74 Å². The first kappa shape index (κ1) is 30.5. The molecule has 2 bridgehead atoms. The van der Waals surface area contributed by atoms with E-state index in [0.717, 1.165) is 61.4 Å². The predicted molar refractivity (Wildman–Crippen MR) is 182 cm³/mol. The molecular weight excluding hydrogens is 580 g/mol. The minimum atomic E-state index is -0.550. The van der Waals surface area contributed by atoms with Crippen LogP contribution in [-0.4, -0.2) is 75.5 Å². The Kier molecular flexibility index (Phi) is 7.47. The number of thiophene rings is 1. The summed E-state index contributed by atoms with van der Waals surface area (Å²) in [4.78, 5) is 39.3. The van der Waals surface area contributed by atoms with Crippen LogP contribution in [0.3, 0.4) is 0 Å². The van der Waals surface area contributed by atoms with Crippen molar-refractivity contribution in [3.63, 3.8) is 0 Å². The van der Waals surface area contributed by atoms with Crippen LogP contribution in [0.4, 0.5) is 4.79 Å². The van der Waals surface area contributed by atoms with Crippen molar-refractivity contribution in [3.05, 3.63) is 57.6 Å². The van der Waals surface area contributed by atoms with Gasteiger partial charge in [-0.05, 0) is 115 Å². The van der Waals surface area contributed by atoms with Crippen molar-refractivity contribution in [2.45, 2.75) is 104 Å². The summed E-state index contributed by atoms with van der Waals surface area (Å²) in [6.07, 6.45) is 7.33. The van der Waals surface area contributed by atoms with Gasteiger partial charge < -0.3 is 14.6 Å². The molecule has 1 aromatic carbocycles. The monoisotopic (exact) mass is 628 g/mol. The number of hydrogen-bond donors (Lipinski definition) is 1. The number of carbonyl (C=O) groups is 2. The zero-order valence-corrected chi connectivity index (χ0v) is 28.8. The molecule has 1 unspecified atom stereocenters. The van der Waals surface area contributed by atoms with E-state index in [-0.39, 0.29) is 6.09 Å². The number of nitrogens with one attached hydrogen (secondary N) is 1. The zero-order chi connectivity index (χ0) is 31.8. The normalized spacial score (nSPS) is 23.4. The number of carbonyl (C=O) groups excluding carboxylic acids is 2. The number of aryl methyl sites for hydroxylation is 2. The van der Waals surface area contributed by atoms with Crippen LogP contribution in [-0.2, 0) is 21.4 Å². The summed E-state index contributed by atoms with van der Waals surface area (Å²) in [6.45, 7) is 17.8. The van der Waals surface area contributed by atoms with Crippen LogP contribution in [0.5, 0.6) is 0 Å². The van der Waals surface area contributed by atoms with Crippen LogP contribution in [0.15, 0.2) is 36.0 Å². The van der Waals surface area contributed by atoms with E-state index in [2.05, 4.69) is 66.7 Å². The number of ether oxygens (including phenoxy) is 1. The molecule has 3 fully saturated rings. The lowest BCUT2D eigenvalue weighted by Crippen LogP contribution is -2.45. The molecule has 3 aromatic rings. The second-order valence-corrected chi connectivity index (χ2v) is 16.6. The molecule has 45 heavy (non-hydrogen) atoms. The van der Waals surface area contributed by atoms with Crippen molar-refractivity contribution in [3.8, 4) is 11.3 Å². The van der Waals surface area contributed by atoms with Gasteiger partial charge >= 0.3 is 6.09 Å². The SMILES string of the molecule is Cc1cc(C)cc(-c2[nH]c3sc(C(C)(C)C(=O)N4C5CCC4CC5)cc3c2CCN2CC3=CN(C(=O)OC(C)(C)C)CC3C2)c1. The zero-order valence-electron chi connectivity index (χ0n) is 28.0. The molecule has 240 valence electrons. The van der Waals surface area contributed by atoms with Gasteiger partial charge in [-0.2, -0.15) is 0 Å². The Labute approximate surface area is 271 Å². The molecule has 2 amide bonds. The van der Waals surface area contributed by atoms with Crippen molar-refractivity contribution in [2.75, 3.05) is 26.2 Å². The van der Waals surface area contributed by atoms with Crippen LogP contribution in [0.25, 0.3) is 21.5 Å². The third kappa shape index (κ3) is 5.62. The Morgan fingerprint density at radius 3 is 2.24 bits per heavy atom. The van der Waals surface area contributed by atoms with Gasteiger partial charge in [-0.3, -0.25) is 14.6 Å². The third-order valence-corrected chi connectivity index (χ3v) is 11.8. The van der Waals surface area contributed by atoms with Gasteiger partial charge in [-0.25, -0.2) is 4.79 Å². The van der Waals surface area contributed by atoms with E-state index >= 15 is 0 Å². The topological polar surface area (TPSA) is 68.9 Å². The van der Waals surface area contributed by atoms with Gasteiger partial charge in [0.25, 0.3) is 0 Å². The number of fused-ring (bicyclic) bond motifs is 4. The highest BCUT2D eigenvalue weighted by molar-refractivity contribution is 7.19. The summed E-state index contributed by atoms with van der Waals surface area (Å²) in [5.41, 5.74) is 6.56. The van der Waals surface area contributed by atoms with Crippen LogP contribution >= 0.6 is 11.3 Å². The Morgan fingerprint density at radius 2 is 1.62 bits per heavy atom. The largest absolute Gasteiger partial charge is 0.443 e. The molecule has 7 nitrogen and oxygen atoms in total.